The summed E-state index contributed by atoms with van der Waals surface area (Å²) in [6.45, 7) is 0. The molecule has 0 aliphatic heterocycles. The van der Waals surface area contributed by atoms with Gasteiger partial charge < -0.3 is 4.74 Å². The average molecular weight is 322 g/mol. The van der Waals surface area contributed by atoms with E-state index in [0.717, 1.165) is 22.5 Å². The number of nitrogens with zero attached hydrogens (tertiary/aromatic N) is 3. The molecule has 0 saturated heterocycles. The maximum absolute atomic E-state index is 6.10. The minimum atomic E-state index is 0.501. The van der Waals surface area contributed by atoms with Gasteiger partial charge in [-0.15, -0.1) is 11.6 Å². The van der Waals surface area contributed by atoms with Crippen LogP contribution >= 0.6 is 23.2 Å². The van der Waals surface area contributed by atoms with E-state index in [1.807, 2.05) is 24.3 Å². The van der Waals surface area contributed by atoms with Gasteiger partial charge in [0.15, 0.2) is 0 Å². The second-order valence-corrected chi connectivity index (χ2v) is 5.27. The van der Waals surface area contributed by atoms with E-state index in [2.05, 4.69) is 14.5 Å². The van der Waals surface area contributed by atoms with Crippen LogP contribution in [-0.4, -0.2) is 27.5 Å². The number of alkyl halides is 1. The number of pyridine rings is 1. The molecule has 0 fully saturated rings. The molecule has 0 unspecified atom stereocenters. The van der Waals surface area contributed by atoms with Crippen molar-refractivity contribution in [2.45, 2.75) is 6.42 Å². The van der Waals surface area contributed by atoms with Crippen molar-refractivity contribution in [1.82, 2.24) is 14.5 Å². The van der Waals surface area contributed by atoms with Crippen molar-refractivity contribution in [3.8, 4) is 11.4 Å². The number of aryl methyl sites for hydroxylation is 1. The van der Waals surface area contributed by atoms with Gasteiger partial charge in [-0.1, -0.05) is 11.6 Å². The summed E-state index contributed by atoms with van der Waals surface area (Å²) in [4.78, 5) is 8.71. The number of imidazole rings is 1. The van der Waals surface area contributed by atoms with E-state index in [4.69, 9.17) is 27.9 Å². The predicted octanol–water partition coefficient (Wildman–Crippen LogP) is 3.86. The van der Waals surface area contributed by atoms with Gasteiger partial charge in [0.05, 0.1) is 29.5 Å². The molecule has 108 valence electrons. The van der Waals surface area contributed by atoms with Crippen molar-refractivity contribution in [1.29, 1.82) is 0 Å². The monoisotopic (exact) mass is 321 g/mol. The molecule has 0 aliphatic carbocycles. The molecule has 2 aromatic heterocycles. The van der Waals surface area contributed by atoms with Crippen LogP contribution in [0.4, 0.5) is 0 Å². The maximum Gasteiger partial charge on any atom is 0.139 e. The number of hydrogen-bond donors (Lipinski definition) is 0. The van der Waals surface area contributed by atoms with Gasteiger partial charge in [-0.3, -0.25) is 9.55 Å². The van der Waals surface area contributed by atoms with E-state index in [1.54, 1.807) is 19.5 Å². The molecular formula is C15H13Cl2N3O. The normalized spacial score (nSPS) is 11.0. The zero-order valence-electron chi connectivity index (χ0n) is 11.4. The summed E-state index contributed by atoms with van der Waals surface area (Å²) >= 11 is 12.0. The van der Waals surface area contributed by atoms with Crippen LogP contribution in [0.15, 0.2) is 36.7 Å². The Labute approximate surface area is 132 Å². The number of methoxy groups -OCH3 is 1. The number of ether oxygens (including phenoxy) is 1. The summed E-state index contributed by atoms with van der Waals surface area (Å²) in [5, 5.41) is 0.575. The maximum atomic E-state index is 6.10. The number of hydrogen-bond acceptors (Lipinski definition) is 3. The molecular weight excluding hydrogens is 309 g/mol. The SMILES string of the molecule is COc1cc(-n2c(CCCl)nc3cnccc32)ccc1Cl. The zero-order chi connectivity index (χ0) is 14.8. The van der Waals surface area contributed by atoms with E-state index < -0.39 is 0 Å². The van der Waals surface area contributed by atoms with Crippen LogP contribution in [0.2, 0.25) is 5.02 Å². The average Bonchev–Trinajstić information content (AvgIpc) is 2.86. The second-order valence-electron chi connectivity index (χ2n) is 4.49. The number of benzene rings is 1. The molecule has 6 heteroatoms. The molecule has 0 aliphatic rings. The molecule has 3 aromatic rings. The summed E-state index contributed by atoms with van der Waals surface area (Å²) in [5.41, 5.74) is 2.76. The second kappa shape index (κ2) is 5.92. The van der Waals surface area contributed by atoms with Crippen LogP contribution in [0, 0.1) is 0 Å². The van der Waals surface area contributed by atoms with Crippen molar-refractivity contribution in [3.63, 3.8) is 0 Å². The highest BCUT2D eigenvalue weighted by Crippen LogP contribution is 2.29. The van der Waals surface area contributed by atoms with Gasteiger partial charge in [-0.2, -0.15) is 0 Å². The quantitative estimate of drug-likeness (QED) is 0.685. The molecule has 0 saturated carbocycles. The van der Waals surface area contributed by atoms with Gasteiger partial charge in [0.2, 0.25) is 0 Å². The minimum Gasteiger partial charge on any atom is -0.495 e. The Balaban J connectivity index is 2.24. The van der Waals surface area contributed by atoms with E-state index in [9.17, 15) is 0 Å². The number of fused-ring (bicyclic) bond motifs is 1. The first-order valence-corrected chi connectivity index (χ1v) is 7.37. The van der Waals surface area contributed by atoms with Crippen molar-refractivity contribution in [3.05, 3.63) is 47.5 Å². The Hall–Kier alpha value is -1.78. The third kappa shape index (κ3) is 2.57. The Kier molecular flexibility index (Phi) is 3.99. The molecule has 2 heterocycles. The summed E-state index contributed by atoms with van der Waals surface area (Å²) in [6.07, 6.45) is 4.16. The summed E-state index contributed by atoms with van der Waals surface area (Å²) < 4.78 is 7.35. The standard InChI is InChI=1S/C15H13Cl2N3O/c1-21-14-8-10(2-3-11(14)17)20-13-5-7-18-9-12(13)19-15(20)4-6-16/h2-3,5,7-9H,4,6H2,1H3. The fraction of sp³-hybridized carbons (Fsp3) is 0.200. The summed E-state index contributed by atoms with van der Waals surface area (Å²) in [6, 6.07) is 7.57. The Bertz CT molecular complexity index is 786. The van der Waals surface area contributed by atoms with E-state index in [0.29, 0.717) is 23.1 Å². The van der Waals surface area contributed by atoms with E-state index in [-0.39, 0.29) is 0 Å². The molecule has 0 radical (unpaired) electrons. The zero-order valence-corrected chi connectivity index (χ0v) is 12.9. The van der Waals surface area contributed by atoms with Crippen molar-refractivity contribution in [2.24, 2.45) is 0 Å². The van der Waals surface area contributed by atoms with E-state index in [1.165, 1.54) is 0 Å². The Morgan fingerprint density at radius 3 is 2.90 bits per heavy atom. The van der Waals surface area contributed by atoms with Crippen LogP contribution in [0.25, 0.3) is 16.7 Å². The highest BCUT2D eigenvalue weighted by molar-refractivity contribution is 6.32. The first-order chi connectivity index (χ1) is 10.2. The first kappa shape index (κ1) is 14.2. The van der Waals surface area contributed by atoms with Gasteiger partial charge in [-0.05, 0) is 18.2 Å². The molecule has 4 nitrogen and oxygen atoms in total. The third-order valence-electron chi connectivity index (χ3n) is 3.24. The van der Waals surface area contributed by atoms with Crippen molar-refractivity contribution < 1.29 is 4.74 Å². The van der Waals surface area contributed by atoms with Crippen LogP contribution < -0.4 is 4.74 Å². The van der Waals surface area contributed by atoms with Gasteiger partial charge in [-0.25, -0.2) is 4.98 Å². The van der Waals surface area contributed by atoms with Crippen LogP contribution in [-0.2, 0) is 6.42 Å². The highest BCUT2D eigenvalue weighted by Gasteiger charge is 2.13. The molecule has 0 atom stereocenters. The fourth-order valence-electron chi connectivity index (χ4n) is 2.31. The predicted molar refractivity (Wildman–Crippen MR) is 84.9 cm³/mol. The van der Waals surface area contributed by atoms with Crippen LogP contribution in [0.1, 0.15) is 5.82 Å². The largest absolute Gasteiger partial charge is 0.495 e. The fourth-order valence-corrected chi connectivity index (χ4v) is 2.67. The lowest BCUT2D eigenvalue weighted by molar-refractivity contribution is 0.415. The van der Waals surface area contributed by atoms with Crippen molar-refractivity contribution >= 4 is 34.2 Å². The van der Waals surface area contributed by atoms with E-state index >= 15 is 0 Å². The lowest BCUT2D eigenvalue weighted by Crippen LogP contribution is -2.02. The molecule has 0 amide bonds. The van der Waals surface area contributed by atoms with Gasteiger partial charge in [0.1, 0.15) is 17.1 Å². The smallest absolute Gasteiger partial charge is 0.139 e. The summed E-state index contributed by atoms with van der Waals surface area (Å²) in [7, 11) is 1.60. The van der Waals surface area contributed by atoms with Gasteiger partial charge in [0.25, 0.3) is 0 Å². The molecule has 3 rings (SSSR count). The number of halogens is 2. The lowest BCUT2D eigenvalue weighted by atomic mass is 10.2. The molecule has 0 N–H and O–H groups in total. The lowest BCUT2D eigenvalue weighted by Gasteiger charge is -2.11. The van der Waals surface area contributed by atoms with Gasteiger partial charge >= 0.3 is 0 Å². The van der Waals surface area contributed by atoms with Crippen molar-refractivity contribution in [2.75, 3.05) is 13.0 Å². The Morgan fingerprint density at radius 1 is 1.29 bits per heavy atom. The van der Waals surface area contributed by atoms with Crippen LogP contribution in [0.5, 0.6) is 5.75 Å². The third-order valence-corrected chi connectivity index (χ3v) is 3.74. The number of aromatic nitrogens is 3. The Morgan fingerprint density at radius 2 is 2.14 bits per heavy atom. The molecule has 1 aromatic carbocycles. The minimum absolute atomic E-state index is 0.501. The van der Waals surface area contributed by atoms with Crippen LogP contribution in [0.3, 0.4) is 0 Å². The highest BCUT2D eigenvalue weighted by atomic mass is 35.5. The first-order valence-electron chi connectivity index (χ1n) is 6.46. The molecule has 0 spiro atoms. The summed E-state index contributed by atoms with van der Waals surface area (Å²) in [5.74, 6) is 2.01. The topological polar surface area (TPSA) is 39.9 Å². The van der Waals surface area contributed by atoms with Gasteiger partial charge in [0, 0.05) is 24.6 Å². The number of rotatable bonds is 4. The molecule has 0 bridgehead atoms. The molecule has 21 heavy (non-hydrogen) atoms.